The molecule has 7 nitrogen and oxygen atoms in total. The minimum Gasteiger partial charge on any atom is -0.381 e. The molecule has 2 rings (SSSR count). The van der Waals surface area contributed by atoms with E-state index in [2.05, 4.69) is 10.2 Å². The lowest BCUT2D eigenvalue weighted by molar-refractivity contribution is -0.0435. The monoisotopic (exact) mass is 415 g/mol. The SMILES string of the molecule is CCN1CCC(Nc2ccc(S(N)(=O)=O)cc2S(=O)(=O)C(F)(F)F)CC1. The van der Waals surface area contributed by atoms with Gasteiger partial charge in [-0.05, 0) is 37.6 Å². The molecule has 12 heteroatoms. The Hall–Kier alpha value is -1.37. The first-order valence-corrected chi connectivity index (χ1v) is 10.9. The van der Waals surface area contributed by atoms with E-state index in [1.807, 2.05) is 6.92 Å². The van der Waals surface area contributed by atoms with Crippen molar-refractivity contribution < 1.29 is 30.0 Å². The van der Waals surface area contributed by atoms with E-state index in [1.165, 1.54) is 0 Å². The molecule has 0 bridgehead atoms. The summed E-state index contributed by atoms with van der Waals surface area (Å²) in [4.78, 5) is 0.316. The number of nitrogens with one attached hydrogen (secondary N) is 1. The summed E-state index contributed by atoms with van der Waals surface area (Å²) in [6.45, 7) is 4.30. The summed E-state index contributed by atoms with van der Waals surface area (Å²) in [7, 11) is -10.1. The van der Waals surface area contributed by atoms with Crippen LogP contribution in [0.1, 0.15) is 19.8 Å². The van der Waals surface area contributed by atoms with E-state index in [4.69, 9.17) is 5.14 Å². The predicted molar refractivity (Wildman–Crippen MR) is 89.8 cm³/mol. The van der Waals surface area contributed by atoms with Crippen LogP contribution in [0.3, 0.4) is 0 Å². The fraction of sp³-hybridized carbons (Fsp3) is 0.571. The molecule has 0 aromatic heterocycles. The van der Waals surface area contributed by atoms with E-state index < -0.39 is 35.2 Å². The number of nitrogens with two attached hydrogens (primary N) is 1. The minimum atomic E-state index is -5.75. The molecule has 26 heavy (non-hydrogen) atoms. The van der Waals surface area contributed by atoms with Crippen LogP contribution < -0.4 is 10.5 Å². The summed E-state index contributed by atoms with van der Waals surface area (Å²) in [6, 6.07) is 2.21. The van der Waals surface area contributed by atoms with Crippen molar-refractivity contribution in [2.45, 2.75) is 41.1 Å². The number of sulfone groups is 1. The van der Waals surface area contributed by atoms with Crippen molar-refractivity contribution in [3.63, 3.8) is 0 Å². The quantitative estimate of drug-likeness (QED) is 0.755. The molecule has 0 atom stereocenters. The zero-order chi connectivity index (χ0) is 19.8. The Kier molecular flexibility index (Phi) is 5.90. The van der Waals surface area contributed by atoms with E-state index >= 15 is 0 Å². The van der Waals surface area contributed by atoms with Crippen LogP contribution in [0.15, 0.2) is 28.0 Å². The number of nitrogens with zero attached hydrogens (tertiary/aromatic N) is 1. The van der Waals surface area contributed by atoms with Crippen molar-refractivity contribution >= 4 is 25.5 Å². The van der Waals surface area contributed by atoms with Crippen LogP contribution in [0.25, 0.3) is 0 Å². The second-order valence-corrected chi connectivity index (χ2v) is 9.48. The lowest BCUT2D eigenvalue weighted by atomic mass is 10.0. The summed E-state index contributed by atoms with van der Waals surface area (Å²) in [5, 5.41) is 7.72. The van der Waals surface area contributed by atoms with Crippen molar-refractivity contribution in [3.8, 4) is 0 Å². The average molecular weight is 415 g/mol. The van der Waals surface area contributed by atoms with Crippen LogP contribution >= 0.6 is 0 Å². The van der Waals surface area contributed by atoms with Gasteiger partial charge in [-0.1, -0.05) is 6.92 Å². The van der Waals surface area contributed by atoms with Crippen molar-refractivity contribution in [1.29, 1.82) is 0 Å². The van der Waals surface area contributed by atoms with Crippen LogP contribution in [-0.2, 0) is 19.9 Å². The molecule has 1 aliphatic heterocycles. The Balaban J connectivity index is 2.43. The molecule has 1 heterocycles. The van der Waals surface area contributed by atoms with Gasteiger partial charge in [-0.15, -0.1) is 0 Å². The van der Waals surface area contributed by atoms with Crippen LogP contribution in [0.4, 0.5) is 18.9 Å². The maximum atomic E-state index is 13.0. The Morgan fingerprint density at radius 1 is 1.19 bits per heavy atom. The fourth-order valence-electron chi connectivity index (χ4n) is 2.76. The third-order valence-corrected chi connectivity index (χ3v) is 6.71. The molecule has 1 aromatic rings. The summed E-state index contributed by atoms with van der Waals surface area (Å²) in [5.74, 6) is 0. The molecule has 1 aliphatic rings. The van der Waals surface area contributed by atoms with E-state index in [0.29, 0.717) is 18.9 Å². The highest BCUT2D eigenvalue weighted by molar-refractivity contribution is 7.92. The highest BCUT2D eigenvalue weighted by atomic mass is 32.2. The van der Waals surface area contributed by atoms with Gasteiger partial charge < -0.3 is 10.2 Å². The number of primary sulfonamides is 1. The van der Waals surface area contributed by atoms with Crippen LogP contribution in [0.2, 0.25) is 0 Å². The maximum Gasteiger partial charge on any atom is 0.501 e. The molecule has 148 valence electrons. The number of alkyl halides is 3. The third-order valence-electron chi connectivity index (χ3n) is 4.27. The number of anilines is 1. The number of benzene rings is 1. The Labute approximate surface area is 150 Å². The highest BCUT2D eigenvalue weighted by Gasteiger charge is 2.48. The van der Waals surface area contributed by atoms with E-state index in [-0.39, 0.29) is 11.7 Å². The van der Waals surface area contributed by atoms with Gasteiger partial charge in [-0.3, -0.25) is 0 Å². The van der Waals surface area contributed by atoms with Gasteiger partial charge in [0, 0.05) is 19.1 Å². The average Bonchev–Trinajstić information content (AvgIpc) is 2.53. The standard InChI is InChI=1S/C14H20F3N3O4S2/c1-2-20-7-5-10(6-8-20)19-12-4-3-11(26(18,23)24)9-13(12)25(21,22)14(15,16)17/h3-4,9-10,19H,2,5-8H2,1H3,(H2,18,23,24). The topological polar surface area (TPSA) is 110 Å². The smallest absolute Gasteiger partial charge is 0.381 e. The van der Waals surface area contributed by atoms with Gasteiger partial charge in [0.25, 0.3) is 9.84 Å². The Morgan fingerprint density at radius 2 is 1.77 bits per heavy atom. The fourth-order valence-corrected chi connectivity index (χ4v) is 4.32. The molecule has 0 aliphatic carbocycles. The van der Waals surface area contributed by atoms with Crippen molar-refractivity contribution in [3.05, 3.63) is 18.2 Å². The Morgan fingerprint density at radius 3 is 2.23 bits per heavy atom. The first-order chi connectivity index (χ1) is 11.9. The number of rotatable bonds is 5. The number of hydrogen-bond acceptors (Lipinski definition) is 6. The second kappa shape index (κ2) is 7.33. The molecule has 0 radical (unpaired) electrons. The molecule has 0 spiro atoms. The van der Waals surface area contributed by atoms with Crippen LogP contribution in [0, 0.1) is 0 Å². The van der Waals surface area contributed by atoms with Crippen molar-refractivity contribution in [1.82, 2.24) is 4.90 Å². The second-order valence-electron chi connectivity index (χ2n) is 6.01. The molecule has 0 saturated carbocycles. The number of sulfonamides is 1. The van der Waals surface area contributed by atoms with Crippen LogP contribution in [0.5, 0.6) is 0 Å². The van der Waals surface area contributed by atoms with Crippen molar-refractivity contribution in [2.24, 2.45) is 5.14 Å². The predicted octanol–water partition coefficient (Wildman–Crippen LogP) is 1.52. The summed E-state index contributed by atoms with van der Waals surface area (Å²) in [5.41, 5.74) is -5.85. The number of halogens is 3. The normalized spacial score (nSPS) is 18.0. The van der Waals surface area contributed by atoms with Gasteiger partial charge in [0.1, 0.15) is 4.90 Å². The first-order valence-electron chi connectivity index (χ1n) is 7.83. The van der Waals surface area contributed by atoms with Gasteiger partial charge in [-0.25, -0.2) is 22.0 Å². The van der Waals surface area contributed by atoms with Gasteiger partial charge in [-0.2, -0.15) is 13.2 Å². The lowest BCUT2D eigenvalue weighted by Crippen LogP contribution is -2.39. The minimum absolute atomic E-state index is 0.222. The lowest BCUT2D eigenvalue weighted by Gasteiger charge is -2.32. The summed E-state index contributed by atoms with van der Waals surface area (Å²) in [6.07, 6.45) is 1.24. The van der Waals surface area contributed by atoms with E-state index in [1.54, 1.807) is 0 Å². The molecular formula is C14H20F3N3O4S2. The third kappa shape index (κ3) is 4.48. The van der Waals surface area contributed by atoms with E-state index in [0.717, 1.165) is 31.8 Å². The highest BCUT2D eigenvalue weighted by Crippen LogP contribution is 2.36. The van der Waals surface area contributed by atoms with Crippen molar-refractivity contribution in [2.75, 3.05) is 25.0 Å². The first kappa shape index (κ1) is 20.9. The zero-order valence-electron chi connectivity index (χ0n) is 14.0. The summed E-state index contributed by atoms with van der Waals surface area (Å²) < 4.78 is 85.6. The molecule has 1 saturated heterocycles. The largest absolute Gasteiger partial charge is 0.501 e. The zero-order valence-corrected chi connectivity index (χ0v) is 15.6. The molecule has 3 N–H and O–H groups in total. The van der Waals surface area contributed by atoms with E-state index in [9.17, 15) is 30.0 Å². The van der Waals surface area contributed by atoms with Gasteiger partial charge in [0.05, 0.1) is 10.6 Å². The number of hydrogen-bond donors (Lipinski definition) is 2. The van der Waals surface area contributed by atoms with Crippen LogP contribution in [-0.4, -0.2) is 52.9 Å². The van der Waals surface area contributed by atoms with Gasteiger partial charge in [0.2, 0.25) is 10.0 Å². The molecular weight excluding hydrogens is 395 g/mol. The Bertz CT molecular complexity index is 862. The number of likely N-dealkylation sites (tertiary alicyclic amines) is 1. The number of piperidine rings is 1. The molecule has 1 aromatic carbocycles. The van der Waals surface area contributed by atoms with Gasteiger partial charge >= 0.3 is 5.51 Å². The summed E-state index contributed by atoms with van der Waals surface area (Å²) >= 11 is 0. The molecule has 1 fully saturated rings. The molecule has 0 unspecified atom stereocenters. The molecule has 0 amide bonds. The maximum absolute atomic E-state index is 13.0. The van der Waals surface area contributed by atoms with Gasteiger partial charge in [0.15, 0.2) is 0 Å².